The topological polar surface area (TPSA) is 49.7 Å². The molecule has 1 saturated heterocycles. The van der Waals surface area contributed by atoms with E-state index in [1.807, 2.05) is 0 Å². The van der Waals surface area contributed by atoms with Gasteiger partial charge in [-0.3, -0.25) is 4.99 Å². The zero-order valence-corrected chi connectivity index (χ0v) is 17.4. The lowest BCUT2D eigenvalue weighted by Crippen LogP contribution is -2.44. The number of aliphatic imine (C=N–C) groups is 1. The van der Waals surface area contributed by atoms with Gasteiger partial charge in [0, 0.05) is 23.9 Å². The second-order valence-electron chi connectivity index (χ2n) is 9.57. The van der Waals surface area contributed by atoms with Crippen LogP contribution in [-0.4, -0.2) is 43.7 Å². The van der Waals surface area contributed by atoms with Crippen molar-refractivity contribution in [3.63, 3.8) is 0 Å². The van der Waals surface area contributed by atoms with Crippen LogP contribution >= 0.6 is 0 Å². The predicted molar refractivity (Wildman–Crippen MR) is 102 cm³/mol. The maximum atomic E-state index is 11.8. The molecule has 2 heterocycles. The Morgan fingerprint density at radius 2 is 1.75 bits per heavy atom. The predicted octanol–water partition coefficient (Wildman–Crippen LogP) is 3.89. The molecule has 0 spiro atoms. The molecule has 2 rings (SSSR count). The third-order valence-corrected chi connectivity index (χ3v) is 5.94. The van der Waals surface area contributed by atoms with E-state index in [0.29, 0.717) is 0 Å². The number of allylic oxidation sites excluding steroid dienone is 1. The first-order valence-electron chi connectivity index (χ1n) is 8.99. The van der Waals surface area contributed by atoms with Gasteiger partial charge in [-0.15, -0.1) is 0 Å². The van der Waals surface area contributed by atoms with Crippen molar-refractivity contribution in [1.29, 1.82) is 0 Å². The lowest BCUT2D eigenvalue weighted by atomic mass is 9.78. The largest absolute Gasteiger partial charge is 0.333 e. The van der Waals surface area contributed by atoms with Gasteiger partial charge in [0.25, 0.3) is 0 Å². The maximum absolute atomic E-state index is 11.8. The molecule has 138 valence electrons. The first kappa shape index (κ1) is 19.5. The van der Waals surface area contributed by atoms with E-state index in [4.69, 9.17) is 4.99 Å². The molecule has 1 fully saturated rings. The fourth-order valence-corrected chi connectivity index (χ4v) is 5.09. The number of amidine groups is 1. The van der Waals surface area contributed by atoms with E-state index >= 15 is 0 Å². The third-order valence-electron chi connectivity index (χ3n) is 4.87. The van der Waals surface area contributed by atoms with Crippen molar-refractivity contribution in [2.45, 2.75) is 67.3 Å². The molecule has 2 aliphatic heterocycles. The Kier molecular flexibility index (Phi) is 4.99. The molecule has 0 amide bonds. The molecule has 0 N–H and O–H groups in total. The zero-order chi connectivity index (χ0) is 18.5. The number of rotatable bonds is 3. The molecule has 0 radical (unpaired) electrons. The lowest BCUT2D eigenvalue weighted by Gasteiger charge is -2.42. The monoisotopic (exact) mass is 354 g/mol. The summed E-state index contributed by atoms with van der Waals surface area (Å²) in [5.74, 6) is 1.55. The molecular weight excluding hydrogens is 320 g/mol. The fourth-order valence-electron chi connectivity index (χ4n) is 4.02. The SMILES string of the molecule is CCC1=C2CC(CS(C)(=O)=O)CN2C(C(C)(C)C)=NC1C(C)(C)C. The highest BCUT2D eigenvalue weighted by Gasteiger charge is 2.43. The number of nitrogens with zero attached hydrogens (tertiary/aromatic N) is 2. The molecule has 0 aromatic heterocycles. The molecule has 2 atom stereocenters. The van der Waals surface area contributed by atoms with Crippen LogP contribution in [-0.2, 0) is 9.84 Å². The summed E-state index contributed by atoms with van der Waals surface area (Å²) in [5, 5.41) is 0. The summed E-state index contributed by atoms with van der Waals surface area (Å²) in [6, 6.07) is 0.181. The summed E-state index contributed by atoms with van der Waals surface area (Å²) in [5.41, 5.74) is 2.75. The first-order valence-corrected chi connectivity index (χ1v) is 11.1. The molecular formula is C19H34N2O2S. The van der Waals surface area contributed by atoms with Crippen LogP contribution in [0.15, 0.2) is 16.3 Å². The number of sulfone groups is 1. The molecule has 24 heavy (non-hydrogen) atoms. The smallest absolute Gasteiger partial charge is 0.147 e. The van der Waals surface area contributed by atoms with Crippen LogP contribution in [0.3, 0.4) is 0 Å². The van der Waals surface area contributed by atoms with Crippen LogP contribution in [0.25, 0.3) is 0 Å². The standard InChI is InChI=1S/C19H34N2O2S/c1-9-14-15-10-13(12-24(8,22)23)11-21(15)17(19(5,6)7)20-16(14)18(2,3)4/h13,16H,9-12H2,1-8H3. The van der Waals surface area contributed by atoms with E-state index in [9.17, 15) is 8.42 Å². The van der Waals surface area contributed by atoms with Gasteiger partial charge in [-0.25, -0.2) is 8.42 Å². The molecule has 0 bridgehead atoms. The Morgan fingerprint density at radius 1 is 1.17 bits per heavy atom. The Balaban J connectivity index is 2.50. The maximum Gasteiger partial charge on any atom is 0.147 e. The molecule has 4 nitrogen and oxygen atoms in total. The van der Waals surface area contributed by atoms with Crippen LogP contribution in [0.2, 0.25) is 0 Å². The minimum atomic E-state index is -2.96. The van der Waals surface area contributed by atoms with Crippen molar-refractivity contribution in [2.75, 3.05) is 18.6 Å². The van der Waals surface area contributed by atoms with Crippen molar-refractivity contribution in [2.24, 2.45) is 21.7 Å². The van der Waals surface area contributed by atoms with Crippen molar-refractivity contribution in [1.82, 2.24) is 4.90 Å². The average Bonchev–Trinajstić information content (AvgIpc) is 2.74. The van der Waals surface area contributed by atoms with Gasteiger partial charge in [-0.1, -0.05) is 48.5 Å². The van der Waals surface area contributed by atoms with Crippen LogP contribution in [0.5, 0.6) is 0 Å². The summed E-state index contributed by atoms with van der Waals surface area (Å²) in [7, 11) is -2.96. The minimum Gasteiger partial charge on any atom is -0.333 e. The molecule has 2 aliphatic rings. The van der Waals surface area contributed by atoms with Crippen molar-refractivity contribution < 1.29 is 8.42 Å². The quantitative estimate of drug-likeness (QED) is 0.772. The highest BCUT2D eigenvalue weighted by atomic mass is 32.2. The average molecular weight is 355 g/mol. The zero-order valence-electron chi connectivity index (χ0n) is 16.6. The lowest BCUT2D eigenvalue weighted by molar-refractivity contribution is 0.323. The van der Waals surface area contributed by atoms with E-state index in [2.05, 4.69) is 53.4 Å². The van der Waals surface area contributed by atoms with E-state index in [-0.39, 0.29) is 28.5 Å². The fraction of sp³-hybridized carbons (Fsp3) is 0.842. The molecule has 2 unspecified atom stereocenters. The second-order valence-corrected chi connectivity index (χ2v) is 11.8. The molecule has 0 aromatic carbocycles. The molecule has 0 aromatic rings. The Hall–Kier alpha value is -0.840. The van der Waals surface area contributed by atoms with Gasteiger partial charge < -0.3 is 4.90 Å². The van der Waals surface area contributed by atoms with Gasteiger partial charge in [0.15, 0.2) is 0 Å². The highest BCUT2D eigenvalue weighted by molar-refractivity contribution is 7.90. The van der Waals surface area contributed by atoms with Crippen LogP contribution in [0.1, 0.15) is 61.3 Å². The number of fused-ring (bicyclic) bond motifs is 1. The van der Waals surface area contributed by atoms with E-state index < -0.39 is 9.84 Å². The first-order chi connectivity index (χ1) is 10.7. The van der Waals surface area contributed by atoms with Gasteiger partial charge >= 0.3 is 0 Å². The molecule has 0 saturated carbocycles. The van der Waals surface area contributed by atoms with Crippen LogP contribution in [0.4, 0.5) is 0 Å². The van der Waals surface area contributed by atoms with Crippen molar-refractivity contribution in [3.05, 3.63) is 11.3 Å². The summed E-state index contributed by atoms with van der Waals surface area (Å²) in [6.45, 7) is 16.3. The molecule has 0 aliphatic carbocycles. The Bertz CT molecular complexity index is 660. The molecule has 5 heteroatoms. The summed E-state index contributed by atoms with van der Waals surface area (Å²) in [4.78, 5) is 7.52. The number of hydrogen-bond acceptors (Lipinski definition) is 4. The van der Waals surface area contributed by atoms with Crippen molar-refractivity contribution >= 4 is 15.7 Å². The van der Waals surface area contributed by atoms with E-state index in [1.165, 1.54) is 17.5 Å². The van der Waals surface area contributed by atoms with Crippen LogP contribution in [0, 0.1) is 16.7 Å². The summed E-state index contributed by atoms with van der Waals surface area (Å²) < 4.78 is 23.6. The van der Waals surface area contributed by atoms with Gasteiger partial charge in [-0.05, 0) is 29.7 Å². The number of hydrogen-bond donors (Lipinski definition) is 0. The van der Waals surface area contributed by atoms with Crippen LogP contribution < -0.4 is 0 Å². The highest BCUT2D eigenvalue weighted by Crippen LogP contribution is 2.43. The Labute approximate surface area is 148 Å². The summed E-state index contributed by atoms with van der Waals surface area (Å²) >= 11 is 0. The van der Waals surface area contributed by atoms with Gasteiger partial charge in [-0.2, -0.15) is 0 Å². The van der Waals surface area contributed by atoms with Gasteiger partial charge in [0.05, 0.1) is 11.8 Å². The normalized spacial score (nSPS) is 25.8. The van der Waals surface area contributed by atoms with Crippen molar-refractivity contribution in [3.8, 4) is 0 Å². The third kappa shape index (κ3) is 4.04. The van der Waals surface area contributed by atoms with E-state index in [0.717, 1.165) is 25.2 Å². The van der Waals surface area contributed by atoms with Gasteiger partial charge in [0.1, 0.15) is 15.7 Å². The van der Waals surface area contributed by atoms with Gasteiger partial charge in [0.2, 0.25) is 0 Å². The minimum absolute atomic E-state index is 0.0476. The van der Waals surface area contributed by atoms with E-state index in [1.54, 1.807) is 0 Å². The summed E-state index contributed by atoms with van der Waals surface area (Å²) in [6.07, 6.45) is 3.17. The second kappa shape index (κ2) is 6.15. The Morgan fingerprint density at radius 3 is 2.17 bits per heavy atom.